The molecular formula is C22H29N3O2. The monoisotopic (exact) mass is 367 g/mol. The molecule has 1 aromatic heterocycles. The van der Waals surface area contributed by atoms with Crippen molar-refractivity contribution in [2.24, 2.45) is 5.92 Å². The van der Waals surface area contributed by atoms with E-state index in [-0.39, 0.29) is 12.5 Å². The highest BCUT2D eigenvalue weighted by molar-refractivity contribution is 5.95. The summed E-state index contributed by atoms with van der Waals surface area (Å²) in [4.78, 5) is 19.3. The van der Waals surface area contributed by atoms with E-state index in [1.807, 2.05) is 50.2 Å². The summed E-state index contributed by atoms with van der Waals surface area (Å²) in [5.41, 5.74) is 4.73. The van der Waals surface area contributed by atoms with Crippen LogP contribution < -0.4 is 5.32 Å². The van der Waals surface area contributed by atoms with E-state index in [1.54, 1.807) is 0 Å². The highest BCUT2D eigenvalue weighted by Crippen LogP contribution is 2.22. The first-order valence-corrected chi connectivity index (χ1v) is 9.72. The maximum absolute atomic E-state index is 12.5. The van der Waals surface area contributed by atoms with E-state index in [0.29, 0.717) is 18.0 Å². The summed E-state index contributed by atoms with van der Waals surface area (Å²) in [6.07, 6.45) is 2.21. The number of likely N-dealkylation sites (tertiary alicyclic amines) is 1. The zero-order valence-corrected chi connectivity index (χ0v) is 16.2. The SMILES string of the molecule is Cc1cc(-c2cccc(C(=O)NCCN3CCCC(CO)C3)c2)cc(C)n1. The number of amides is 1. The van der Waals surface area contributed by atoms with Gasteiger partial charge >= 0.3 is 0 Å². The second-order valence-electron chi connectivity index (χ2n) is 7.47. The molecule has 1 aromatic carbocycles. The van der Waals surface area contributed by atoms with Gasteiger partial charge in [0.25, 0.3) is 5.91 Å². The fraction of sp³-hybridized carbons (Fsp3) is 0.455. The summed E-state index contributed by atoms with van der Waals surface area (Å²) < 4.78 is 0. The molecule has 1 aliphatic rings. The Labute approximate surface area is 161 Å². The number of aromatic nitrogens is 1. The van der Waals surface area contributed by atoms with Gasteiger partial charge in [0.2, 0.25) is 0 Å². The Morgan fingerprint density at radius 2 is 2.00 bits per heavy atom. The molecule has 1 aliphatic heterocycles. The Kier molecular flexibility index (Phi) is 6.58. The van der Waals surface area contributed by atoms with Gasteiger partial charge < -0.3 is 15.3 Å². The van der Waals surface area contributed by atoms with Gasteiger partial charge in [-0.3, -0.25) is 9.78 Å². The predicted molar refractivity (Wildman–Crippen MR) is 108 cm³/mol. The molecule has 1 fully saturated rings. The van der Waals surface area contributed by atoms with E-state index in [4.69, 9.17) is 0 Å². The van der Waals surface area contributed by atoms with Crippen LogP contribution in [0.25, 0.3) is 11.1 Å². The zero-order valence-electron chi connectivity index (χ0n) is 16.2. The van der Waals surface area contributed by atoms with Crippen molar-refractivity contribution in [3.05, 3.63) is 53.3 Å². The van der Waals surface area contributed by atoms with E-state index in [9.17, 15) is 9.90 Å². The van der Waals surface area contributed by atoms with Crippen LogP contribution >= 0.6 is 0 Å². The third-order valence-corrected chi connectivity index (χ3v) is 5.11. The van der Waals surface area contributed by atoms with E-state index < -0.39 is 0 Å². The van der Waals surface area contributed by atoms with Gasteiger partial charge in [-0.2, -0.15) is 0 Å². The number of aliphatic hydroxyl groups is 1. The van der Waals surface area contributed by atoms with Gasteiger partial charge in [-0.15, -0.1) is 0 Å². The zero-order chi connectivity index (χ0) is 19.2. The molecule has 0 aliphatic carbocycles. The lowest BCUT2D eigenvalue weighted by Gasteiger charge is -2.31. The average Bonchev–Trinajstić information content (AvgIpc) is 2.67. The number of aliphatic hydroxyl groups excluding tert-OH is 1. The Hall–Kier alpha value is -2.24. The van der Waals surface area contributed by atoms with Gasteiger partial charge in [-0.1, -0.05) is 12.1 Å². The first-order valence-electron chi connectivity index (χ1n) is 9.72. The van der Waals surface area contributed by atoms with Crippen LogP contribution in [0.2, 0.25) is 0 Å². The van der Waals surface area contributed by atoms with Crippen LogP contribution in [0.15, 0.2) is 36.4 Å². The Morgan fingerprint density at radius 3 is 2.74 bits per heavy atom. The molecule has 0 bridgehead atoms. The molecule has 5 heteroatoms. The largest absolute Gasteiger partial charge is 0.396 e. The topological polar surface area (TPSA) is 65.5 Å². The quantitative estimate of drug-likeness (QED) is 0.824. The van der Waals surface area contributed by atoms with Crippen LogP contribution in [0, 0.1) is 19.8 Å². The molecule has 0 saturated carbocycles. The number of nitrogens with zero attached hydrogens (tertiary/aromatic N) is 2. The minimum absolute atomic E-state index is 0.0462. The van der Waals surface area contributed by atoms with E-state index >= 15 is 0 Å². The van der Waals surface area contributed by atoms with Crippen LogP contribution in [-0.4, -0.2) is 53.7 Å². The number of rotatable bonds is 6. The highest BCUT2D eigenvalue weighted by atomic mass is 16.3. The first kappa shape index (κ1) is 19.5. The van der Waals surface area contributed by atoms with Crippen molar-refractivity contribution < 1.29 is 9.90 Å². The van der Waals surface area contributed by atoms with Crippen LogP contribution in [0.5, 0.6) is 0 Å². The second kappa shape index (κ2) is 9.11. The first-order chi connectivity index (χ1) is 13.0. The summed E-state index contributed by atoms with van der Waals surface area (Å²) >= 11 is 0. The summed E-state index contributed by atoms with van der Waals surface area (Å²) in [6.45, 7) is 7.62. The molecule has 3 rings (SSSR count). The maximum atomic E-state index is 12.5. The molecule has 1 saturated heterocycles. The van der Waals surface area contributed by atoms with Crippen molar-refractivity contribution in [3.8, 4) is 11.1 Å². The summed E-state index contributed by atoms with van der Waals surface area (Å²) in [7, 11) is 0. The smallest absolute Gasteiger partial charge is 0.251 e. The lowest BCUT2D eigenvalue weighted by atomic mass is 9.99. The molecule has 1 unspecified atom stereocenters. The van der Waals surface area contributed by atoms with E-state index in [0.717, 1.165) is 55.0 Å². The Balaban J connectivity index is 1.59. The van der Waals surface area contributed by atoms with Crippen molar-refractivity contribution in [1.82, 2.24) is 15.2 Å². The fourth-order valence-corrected chi connectivity index (χ4v) is 3.77. The molecule has 2 aromatic rings. The molecule has 0 radical (unpaired) electrons. The van der Waals surface area contributed by atoms with Gasteiger partial charge in [-0.25, -0.2) is 0 Å². The maximum Gasteiger partial charge on any atom is 0.251 e. The number of pyridine rings is 1. The van der Waals surface area contributed by atoms with E-state index in [2.05, 4.69) is 15.2 Å². The Bertz CT molecular complexity index is 771. The molecule has 27 heavy (non-hydrogen) atoms. The molecular weight excluding hydrogens is 338 g/mol. The lowest BCUT2D eigenvalue weighted by molar-refractivity contribution is 0.0930. The van der Waals surface area contributed by atoms with Crippen molar-refractivity contribution in [3.63, 3.8) is 0 Å². The van der Waals surface area contributed by atoms with Gasteiger partial charge in [0, 0.05) is 43.2 Å². The molecule has 2 heterocycles. The van der Waals surface area contributed by atoms with Gasteiger partial charge in [0.05, 0.1) is 0 Å². The highest BCUT2D eigenvalue weighted by Gasteiger charge is 2.18. The van der Waals surface area contributed by atoms with Crippen LogP contribution in [0.4, 0.5) is 0 Å². The van der Waals surface area contributed by atoms with Gasteiger partial charge in [0.15, 0.2) is 0 Å². The Morgan fingerprint density at radius 1 is 1.22 bits per heavy atom. The third kappa shape index (κ3) is 5.37. The molecule has 2 N–H and O–H groups in total. The molecule has 1 atom stereocenters. The third-order valence-electron chi connectivity index (χ3n) is 5.11. The summed E-state index contributed by atoms with van der Waals surface area (Å²) in [5.74, 6) is 0.327. The van der Waals surface area contributed by atoms with Crippen LogP contribution in [0.3, 0.4) is 0 Å². The number of hydrogen-bond acceptors (Lipinski definition) is 4. The van der Waals surface area contributed by atoms with Crippen molar-refractivity contribution in [1.29, 1.82) is 0 Å². The van der Waals surface area contributed by atoms with E-state index in [1.165, 1.54) is 0 Å². The lowest BCUT2D eigenvalue weighted by Crippen LogP contribution is -2.41. The predicted octanol–water partition coefficient (Wildman–Crippen LogP) is 2.80. The van der Waals surface area contributed by atoms with Crippen LogP contribution in [-0.2, 0) is 0 Å². The number of hydrogen-bond donors (Lipinski definition) is 2. The van der Waals surface area contributed by atoms with Gasteiger partial charge in [0.1, 0.15) is 0 Å². The number of carbonyl (C=O) groups is 1. The molecule has 144 valence electrons. The normalized spacial score (nSPS) is 17.7. The fourth-order valence-electron chi connectivity index (χ4n) is 3.77. The van der Waals surface area contributed by atoms with Crippen molar-refractivity contribution in [2.45, 2.75) is 26.7 Å². The van der Waals surface area contributed by atoms with Crippen LogP contribution in [0.1, 0.15) is 34.6 Å². The average molecular weight is 367 g/mol. The molecule has 1 amide bonds. The molecule has 0 spiro atoms. The minimum atomic E-state index is -0.0462. The minimum Gasteiger partial charge on any atom is -0.396 e. The summed E-state index contributed by atoms with van der Waals surface area (Å²) in [6, 6.07) is 11.8. The number of nitrogens with one attached hydrogen (secondary N) is 1. The number of carbonyl (C=O) groups excluding carboxylic acids is 1. The number of benzene rings is 1. The second-order valence-corrected chi connectivity index (χ2v) is 7.47. The number of piperidine rings is 1. The van der Waals surface area contributed by atoms with Crippen molar-refractivity contribution >= 4 is 5.91 Å². The number of aryl methyl sites for hydroxylation is 2. The van der Waals surface area contributed by atoms with Crippen molar-refractivity contribution in [2.75, 3.05) is 32.8 Å². The van der Waals surface area contributed by atoms with Gasteiger partial charge in [-0.05, 0) is 74.5 Å². The summed E-state index contributed by atoms with van der Waals surface area (Å²) in [5, 5.41) is 12.4. The molecule has 5 nitrogen and oxygen atoms in total. The standard InChI is InChI=1S/C22H29N3O2/c1-16-11-21(12-17(2)24-16)19-6-3-7-20(13-19)22(27)23-8-10-25-9-4-5-18(14-25)15-26/h3,6-7,11-13,18,26H,4-5,8-10,14-15H2,1-2H3,(H,23,27).